The first kappa shape index (κ1) is 20.6. The average Bonchev–Trinajstić information content (AvgIpc) is 3.45. The van der Waals surface area contributed by atoms with E-state index >= 15 is 0 Å². The van der Waals surface area contributed by atoms with Crippen molar-refractivity contribution in [3.63, 3.8) is 0 Å². The molecule has 1 saturated carbocycles. The SMILES string of the molecule is COc1ccc(C(C2CC2)n2c(Sc3cc4c(cc3Br)OCO4)nc3c(N)ncnc32)cc1. The summed E-state index contributed by atoms with van der Waals surface area (Å²) in [6, 6.07) is 12.2. The van der Waals surface area contributed by atoms with Gasteiger partial charge in [-0.2, -0.15) is 0 Å². The van der Waals surface area contributed by atoms with Gasteiger partial charge in [0.2, 0.25) is 6.79 Å². The number of methoxy groups -OCH3 is 1. The molecular weight excluding hydrogens is 506 g/mol. The fourth-order valence-corrected chi connectivity index (χ4v) is 5.67. The van der Waals surface area contributed by atoms with E-state index in [4.69, 9.17) is 24.9 Å². The van der Waals surface area contributed by atoms with Gasteiger partial charge in [0.25, 0.3) is 0 Å². The van der Waals surface area contributed by atoms with Crippen molar-refractivity contribution in [2.75, 3.05) is 19.6 Å². The van der Waals surface area contributed by atoms with E-state index in [2.05, 4.69) is 42.6 Å². The molecule has 3 heterocycles. The summed E-state index contributed by atoms with van der Waals surface area (Å²) in [4.78, 5) is 14.6. The number of nitrogens with two attached hydrogens (primary N) is 1. The predicted octanol–water partition coefficient (Wildman–Crippen LogP) is 5.06. The number of nitrogens with zero attached hydrogens (tertiary/aromatic N) is 4. The maximum atomic E-state index is 6.21. The fraction of sp³-hybridized carbons (Fsp3) is 0.261. The Hall–Kier alpha value is -2.98. The van der Waals surface area contributed by atoms with Crippen LogP contribution in [0.15, 0.2) is 57.3 Å². The van der Waals surface area contributed by atoms with E-state index in [1.165, 1.54) is 23.7 Å². The van der Waals surface area contributed by atoms with Gasteiger partial charge in [0, 0.05) is 9.37 Å². The quantitative estimate of drug-likeness (QED) is 0.373. The van der Waals surface area contributed by atoms with E-state index in [1.807, 2.05) is 24.3 Å². The third-order valence-corrected chi connectivity index (χ3v) is 7.85. The minimum absolute atomic E-state index is 0.0745. The van der Waals surface area contributed by atoms with E-state index in [-0.39, 0.29) is 12.8 Å². The highest BCUT2D eigenvalue weighted by atomic mass is 79.9. The molecule has 0 spiro atoms. The Kier molecular flexibility index (Phi) is 5.06. The number of rotatable bonds is 6. The van der Waals surface area contributed by atoms with Crippen LogP contribution in [-0.4, -0.2) is 33.4 Å². The van der Waals surface area contributed by atoms with E-state index in [0.29, 0.717) is 17.3 Å². The molecule has 0 radical (unpaired) electrons. The predicted molar refractivity (Wildman–Crippen MR) is 128 cm³/mol. The van der Waals surface area contributed by atoms with Gasteiger partial charge in [-0.25, -0.2) is 15.0 Å². The summed E-state index contributed by atoms with van der Waals surface area (Å²) < 4.78 is 19.6. The zero-order valence-electron chi connectivity index (χ0n) is 17.7. The highest BCUT2D eigenvalue weighted by molar-refractivity contribution is 9.10. The van der Waals surface area contributed by atoms with E-state index in [9.17, 15) is 0 Å². The van der Waals surface area contributed by atoms with Crippen molar-refractivity contribution in [3.8, 4) is 17.2 Å². The maximum absolute atomic E-state index is 6.21. The normalized spacial score (nSPS) is 15.7. The Morgan fingerprint density at radius 3 is 2.64 bits per heavy atom. The van der Waals surface area contributed by atoms with Crippen LogP contribution in [0.5, 0.6) is 17.2 Å². The van der Waals surface area contributed by atoms with Crippen LogP contribution in [0.1, 0.15) is 24.4 Å². The molecule has 0 saturated heterocycles. The number of anilines is 1. The number of benzene rings is 2. The molecule has 2 aromatic heterocycles. The van der Waals surface area contributed by atoms with Crippen LogP contribution in [0.25, 0.3) is 11.2 Å². The number of fused-ring (bicyclic) bond motifs is 2. The summed E-state index contributed by atoms with van der Waals surface area (Å²) in [5.74, 6) is 3.14. The second-order valence-corrected chi connectivity index (χ2v) is 9.85. The largest absolute Gasteiger partial charge is 0.497 e. The van der Waals surface area contributed by atoms with Crippen molar-refractivity contribution < 1.29 is 14.2 Å². The van der Waals surface area contributed by atoms with Crippen LogP contribution >= 0.6 is 27.7 Å². The summed E-state index contributed by atoms with van der Waals surface area (Å²) in [6.07, 6.45) is 3.79. The van der Waals surface area contributed by atoms with Gasteiger partial charge in [0.05, 0.1) is 13.2 Å². The molecule has 8 nitrogen and oxygen atoms in total. The van der Waals surface area contributed by atoms with Crippen molar-refractivity contribution in [1.82, 2.24) is 19.5 Å². The van der Waals surface area contributed by atoms with Gasteiger partial charge in [0.1, 0.15) is 12.1 Å². The lowest BCUT2D eigenvalue weighted by atomic mass is 10.0. The zero-order valence-corrected chi connectivity index (χ0v) is 20.1. The first-order chi connectivity index (χ1) is 16.1. The first-order valence-electron chi connectivity index (χ1n) is 10.5. The van der Waals surface area contributed by atoms with Gasteiger partial charge < -0.3 is 19.9 Å². The topological polar surface area (TPSA) is 97.3 Å². The second kappa shape index (κ2) is 8.11. The van der Waals surface area contributed by atoms with Gasteiger partial charge in [-0.15, -0.1) is 0 Å². The highest BCUT2D eigenvalue weighted by Crippen LogP contribution is 2.49. The molecule has 6 rings (SSSR count). The molecule has 0 amide bonds. The maximum Gasteiger partial charge on any atom is 0.231 e. The summed E-state index contributed by atoms with van der Waals surface area (Å²) in [5.41, 5.74) is 8.73. The van der Waals surface area contributed by atoms with E-state index < -0.39 is 0 Å². The van der Waals surface area contributed by atoms with Crippen LogP contribution in [0, 0.1) is 5.92 Å². The molecule has 2 aromatic carbocycles. The van der Waals surface area contributed by atoms with Crippen molar-refractivity contribution in [2.45, 2.75) is 28.9 Å². The number of hydrogen-bond acceptors (Lipinski definition) is 8. The highest BCUT2D eigenvalue weighted by Gasteiger charge is 2.37. The number of ether oxygens (including phenoxy) is 3. The lowest BCUT2D eigenvalue weighted by molar-refractivity contribution is 0.174. The molecule has 168 valence electrons. The standard InChI is InChI=1S/C23H20BrN5O3S/c1-30-14-6-4-13(5-7-14)20(12-2-3-12)29-22-19(21(25)26-10-27-22)28-23(29)33-18-9-17-16(8-15(18)24)31-11-32-17/h4-10,12,20H,2-3,11H2,1H3,(H2,25,26,27). The van der Waals surface area contributed by atoms with Crippen LogP contribution in [0.3, 0.4) is 0 Å². The Balaban J connectivity index is 1.50. The molecule has 1 unspecified atom stereocenters. The summed E-state index contributed by atoms with van der Waals surface area (Å²) in [5, 5.41) is 0.796. The number of nitrogen functional groups attached to an aromatic ring is 1. The molecule has 4 aromatic rings. The molecule has 2 aliphatic rings. The van der Waals surface area contributed by atoms with E-state index in [1.54, 1.807) is 7.11 Å². The Morgan fingerprint density at radius 2 is 1.91 bits per heavy atom. The fourth-order valence-electron chi connectivity index (χ4n) is 4.15. The van der Waals surface area contributed by atoms with Crippen molar-refractivity contribution in [3.05, 3.63) is 52.8 Å². The molecule has 1 fully saturated rings. The minimum atomic E-state index is 0.0745. The molecule has 1 aliphatic carbocycles. The Morgan fingerprint density at radius 1 is 1.15 bits per heavy atom. The van der Waals surface area contributed by atoms with Crippen molar-refractivity contribution in [1.29, 1.82) is 0 Å². The first-order valence-corrected chi connectivity index (χ1v) is 12.1. The van der Waals surface area contributed by atoms with Crippen LogP contribution in [-0.2, 0) is 0 Å². The van der Waals surface area contributed by atoms with Gasteiger partial charge in [-0.1, -0.05) is 23.9 Å². The summed E-state index contributed by atoms with van der Waals surface area (Å²) in [6.45, 7) is 0.224. The van der Waals surface area contributed by atoms with E-state index in [0.717, 1.165) is 50.3 Å². The van der Waals surface area contributed by atoms with Crippen LogP contribution in [0.4, 0.5) is 5.82 Å². The number of imidazole rings is 1. The zero-order chi connectivity index (χ0) is 22.5. The van der Waals surface area contributed by atoms with Crippen molar-refractivity contribution in [2.24, 2.45) is 5.92 Å². The third-order valence-electron chi connectivity index (χ3n) is 5.91. The smallest absolute Gasteiger partial charge is 0.231 e. The minimum Gasteiger partial charge on any atom is -0.497 e. The molecule has 1 aliphatic heterocycles. The molecule has 33 heavy (non-hydrogen) atoms. The monoisotopic (exact) mass is 525 g/mol. The van der Waals surface area contributed by atoms with Gasteiger partial charge in [0.15, 0.2) is 33.6 Å². The molecular formula is C23H20BrN5O3S. The number of halogens is 1. The summed E-state index contributed by atoms with van der Waals surface area (Å²) in [7, 11) is 1.68. The number of hydrogen-bond donors (Lipinski definition) is 1. The lowest BCUT2D eigenvalue weighted by Gasteiger charge is -2.22. The van der Waals surface area contributed by atoms with Crippen molar-refractivity contribution >= 4 is 44.7 Å². The average molecular weight is 526 g/mol. The molecule has 2 N–H and O–H groups in total. The second-order valence-electron chi connectivity index (χ2n) is 7.99. The molecule has 0 bridgehead atoms. The lowest BCUT2D eigenvalue weighted by Crippen LogP contribution is -2.14. The van der Waals surface area contributed by atoms with Crippen LogP contribution in [0.2, 0.25) is 0 Å². The third kappa shape index (κ3) is 3.67. The molecule has 1 atom stereocenters. The van der Waals surface area contributed by atoms with Gasteiger partial charge in [-0.05, 0) is 64.5 Å². The van der Waals surface area contributed by atoms with Crippen LogP contribution < -0.4 is 19.9 Å². The molecule has 10 heteroatoms. The van der Waals surface area contributed by atoms with Gasteiger partial charge >= 0.3 is 0 Å². The number of aromatic nitrogens is 4. The summed E-state index contributed by atoms with van der Waals surface area (Å²) >= 11 is 5.21. The Bertz CT molecular complexity index is 1360. The van der Waals surface area contributed by atoms with Gasteiger partial charge in [-0.3, -0.25) is 4.57 Å². The Labute approximate surface area is 202 Å².